The van der Waals surface area contributed by atoms with E-state index in [2.05, 4.69) is 15.3 Å². The second-order valence-corrected chi connectivity index (χ2v) is 7.73. The lowest BCUT2D eigenvalue weighted by Gasteiger charge is -2.17. The lowest BCUT2D eigenvalue weighted by atomic mass is 10.1. The van der Waals surface area contributed by atoms with Crippen molar-refractivity contribution >= 4 is 27.3 Å². The van der Waals surface area contributed by atoms with Gasteiger partial charge in [0.1, 0.15) is 5.75 Å². The summed E-state index contributed by atoms with van der Waals surface area (Å²) in [5.74, 6) is 0.576. The number of sulfonamides is 1. The first-order valence-corrected chi connectivity index (χ1v) is 9.61. The van der Waals surface area contributed by atoms with Crippen LogP contribution in [0.3, 0.4) is 0 Å². The van der Waals surface area contributed by atoms with Crippen LogP contribution in [-0.4, -0.2) is 36.8 Å². The van der Waals surface area contributed by atoms with Gasteiger partial charge in [-0.25, -0.2) is 18.4 Å². The zero-order valence-electron chi connectivity index (χ0n) is 14.3. The zero-order chi connectivity index (χ0) is 18.7. The number of benzene rings is 2. The van der Waals surface area contributed by atoms with Gasteiger partial charge in [-0.2, -0.15) is 0 Å². The van der Waals surface area contributed by atoms with Crippen LogP contribution in [0.4, 0.5) is 17.3 Å². The van der Waals surface area contributed by atoms with Crippen LogP contribution in [-0.2, 0) is 10.0 Å². The summed E-state index contributed by atoms with van der Waals surface area (Å²) in [5.41, 5.74) is 2.72. The largest absolute Gasteiger partial charge is 0.508 e. The summed E-state index contributed by atoms with van der Waals surface area (Å²) in [4.78, 5) is 8.66. The van der Waals surface area contributed by atoms with E-state index < -0.39 is 10.0 Å². The Morgan fingerprint density at radius 1 is 1.08 bits per heavy atom. The van der Waals surface area contributed by atoms with Crippen LogP contribution in [0.2, 0.25) is 0 Å². The molecule has 0 fully saturated rings. The van der Waals surface area contributed by atoms with Crippen LogP contribution in [0.5, 0.6) is 5.75 Å². The standard InChI is InChI=1S/C18H18N4O3S/c1-22(26(2,24)25)15-5-3-4-13(12-15)17-10-11-19-18(21-17)20-14-6-8-16(23)9-7-14/h3-12,23H,1-2H3,(H,19,20,21). The summed E-state index contributed by atoms with van der Waals surface area (Å²) in [6.07, 6.45) is 2.78. The number of rotatable bonds is 5. The van der Waals surface area contributed by atoms with Crippen LogP contribution < -0.4 is 9.62 Å². The van der Waals surface area contributed by atoms with Crippen molar-refractivity contribution in [2.75, 3.05) is 22.9 Å². The van der Waals surface area contributed by atoms with Gasteiger partial charge in [0.15, 0.2) is 0 Å². The number of aromatic hydroxyl groups is 1. The highest BCUT2D eigenvalue weighted by Gasteiger charge is 2.13. The molecular formula is C18H18N4O3S. The smallest absolute Gasteiger partial charge is 0.231 e. The second kappa shape index (κ2) is 7.01. The van der Waals surface area contributed by atoms with E-state index in [0.29, 0.717) is 17.3 Å². The quantitative estimate of drug-likeness (QED) is 0.671. The molecule has 0 amide bonds. The summed E-state index contributed by atoms with van der Waals surface area (Å²) < 4.78 is 24.7. The Hall–Kier alpha value is -3.13. The Morgan fingerprint density at radius 3 is 2.50 bits per heavy atom. The predicted molar refractivity (Wildman–Crippen MR) is 102 cm³/mol. The number of hydrogen-bond acceptors (Lipinski definition) is 6. The molecule has 7 nitrogen and oxygen atoms in total. The molecule has 0 saturated heterocycles. The predicted octanol–water partition coefficient (Wildman–Crippen LogP) is 2.99. The number of hydrogen-bond donors (Lipinski definition) is 2. The van der Waals surface area contributed by atoms with Crippen molar-refractivity contribution in [2.24, 2.45) is 0 Å². The fraction of sp³-hybridized carbons (Fsp3) is 0.111. The first kappa shape index (κ1) is 17.7. The number of phenols is 1. The topological polar surface area (TPSA) is 95.4 Å². The SMILES string of the molecule is CN(c1cccc(-c2ccnc(Nc3ccc(O)cc3)n2)c1)S(C)(=O)=O. The number of phenolic OH excluding ortho intramolecular Hbond substituents is 1. The molecule has 0 unspecified atom stereocenters. The van der Waals surface area contributed by atoms with Crippen molar-refractivity contribution in [3.63, 3.8) is 0 Å². The molecule has 0 radical (unpaired) electrons. The fourth-order valence-corrected chi connectivity index (χ4v) is 2.80. The number of nitrogens with one attached hydrogen (secondary N) is 1. The molecule has 26 heavy (non-hydrogen) atoms. The zero-order valence-corrected chi connectivity index (χ0v) is 15.1. The fourth-order valence-electron chi connectivity index (χ4n) is 2.31. The highest BCUT2D eigenvalue weighted by atomic mass is 32.2. The van der Waals surface area contributed by atoms with E-state index >= 15 is 0 Å². The van der Waals surface area contributed by atoms with Crippen molar-refractivity contribution in [3.05, 3.63) is 60.8 Å². The van der Waals surface area contributed by atoms with Gasteiger partial charge in [0, 0.05) is 24.5 Å². The van der Waals surface area contributed by atoms with Crippen molar-refractivity contribution in [2.45, 2.75) is 0 Å². The van der Waals surface area contributed by atoms with Crippen molar-refractivity contribution < 1.29 is 13.5 Å². The summed E-state index contributed by atoms with van der Waals surface area (Å²) >= 11 is 0. The third-order valence-electron chi connectivity index (χ3n) is 3.78. The molecule has 0 saturated carbocycles. The molecule has 1 heterocycles. The maximum Gasteiger partial charge on any atom is 0.231 e. The van der Waals surface area contributed by atoms with E-state index in [-0.39, 0.29) is 5.75 Å². The summed E-state index contributed by atoms with van der Waals surface area (Å²) in [5, 5.41) is 12.4. The molecule has 0 spiro atoms. The van der Waals surface area contributed by atoms with Gasteiger partial charge in [-0.05, 0) is 42.5 Å². The van der Waals surface area contributed by atoms with Gasteiger partial charge < -0.3 is 10.4 Å². The average Bonchev–Trinajstić information content (AvgIpc) is 2.63. The Kier molecular flexibility index (Phi) is 4.77. The molecule has 8 heteroatoms. The molecule has 0 atom stereocenters. The summed E-state index contributed by atoms with van der Waals surface area (Å²) in [6.45, 7) is 0. The molecule has 2 aromatic carbocycles. The van der Waals surface area contributed by atoms with Crippen LogP contribution in [0, 0.1) is 0 Å². The van der Waals surface area contributed by atoms with Gasteiger partial charge in [0.25, 0.3) is 0 Å². The van der Waals surface area contributed by atoms with Gasteiger partial charge in [0.2, 0.25) is 16.0 Å². The highest BCUT2D eigenvalue weighted by Crippen LogP contribution is 2.25. The van der Waals surface area contributed by atoms with Crippen molar-refractivity contribution in [1.82, 2.24) is 9.97 Å². The molecule has 0 aliphatic rings. The molecule has 0 aliphatic carbocycles. The summed E-state index contributed by atoms with van der Waals surface area (Å²) in [7, 11) is -1.83. The van der Waals surface area contributed by atoms with E-state index in [1.807, 2.05) is 6.07 Å². The first-order chi connectivity index (χ1) is 12.3. The van der Waals surface area contributed by atoms with Crippen LogP contribution >= 0.6 is 0 Å². The number of nitrogens with zero attached hydrogens (tertiary/aromatic N) is 3. The van der Waals surface area contributed by atoms with E-state index in [9.17, 15) is 13.5 Å². The minimum absolute atomic E-state index is 0.178. The van der Waals surface area contributed by atoms with E-state index in [1.54, 1.807) is 54.7 Å². The minimum atomic E-state index is -3.34. The Morgan fingerprint density at radius 2 is 1.81 bits per heavy atom. The van der Waals surface area contributed by atoms with E-state index in [0.717, 1.165) is 17.5 Å². The van der Waals surface area contributed by atoms with Crippen LogP contribution in [0.25, 0.3) is 11.3 Å². The lowest BCUT2D eigenvalue weighted by Crippen LogP contribution is -2.24. The second-order valence-electron chi connectivity index (χ2n) is 5.72. The van der Waals surface area contributed by atoms with Crippen LogP contribution in [0.1, 0.15) is 0 Å². The molecule has 3 aromatic rings. The highest BCUT2D eigenvalue weighted by molar-refractivity contribution is 7.92. The van der Waals surface area contributed by atoms with Crippen molar-refractivity contribution in [3.8, 4) is 17.0 Å². The first-order valence-electron chi connectivity index (χ1n) is 7.76. The number of anilines is 3. The van der Waals surface area contributed by atoms with Gasteiger partial charge in [0.05, 0.1) is 17.6 Å². The van der Waals surface area contributed by atoms with E-state index in [1.165, 1.54) is 11.4 Å². The van der Waals surface area contributed by atoms with Crippen molar-refractivity contribution in [1.29, 1.82) is 0 Å². The Balaban J connectivity index is 1.89. The molecular weight excluding hydrogens is 352 g/mol. The monoisotopic (exact) mass is 370 g/mol. The molecule has 2 N–H and O–H groups in total. The normalized spacial score (nSPS) is 11.2. The third-order valence-corrected chi connectivity index (χ3v) is 4.99. The molecule has 1 aromatic heterocycles. The van der Waals surface area contributed by atoms with Gasteiger partial charge in [-0.15, -0.1) is 0 Å². The maximum atomic E-state index is 11.7. The third kappa shape index (κ3) is 4.09. The maximum absolute atomic E-state index is 11.7. The lowest BCUT2D eigenvalue weighted by molar-refractivity contribution is 0.475. The summed E-state index contributed by atoms with van der Waals surface area (Å²) in [6, 6.07) is 15.4. The Labute approximate surface area is 152 Å². The molecule has 0 aliphatic heterocycles. The minimum Gasteiger partial charge on any atom is -0.508 e. The Bertz CT molecular complexity index is 1020. The van der Waals surface area contributed by atoms with Gasteiger partial charge in [-0.3, -0.25) is 4.31 Å². The average molecular weight is 370 g/mol. The van der Waals surface area contributed by atoms with Gasteiger partial charge >= 0.3 is 0 Å². The molecule has 3 rings (SSSR count). The van der Waals surface area contributed by atoms with Gasteiger partial charge in [-0.1, -0.05) is 12.1 Å². The van der Waals surface area contributed by atoms with Crippen LogP contribution in [0.15, 0.2) is 60.8 Å². The molecule has 0 bridgehead atoms. The number of aromatic nitrogens is 2. The van der Waals surface area contributed by atoms with E-state index in [4.69, 9.17) is 0 Å². The molecule has 134 valence electrons.